The van der Waals surface area contributed by atoms with E-state index in [1.54, 1.807) is 0 Å². The first-order valence-corrected chi connectivity index (χ1v) is 6.65. The molecule has 0 atom stereocenters. The summed E-state index contributed by atoms with van der Waals surface area (Å²) in [6, 6.07) is 0. The van der Waals surface area contributed by atoms with Gasteiger partial charge in [0.05, 0.1) is 6.61 Å². The quantitative estimate of drug-likeness (QED) is 0.780. The first-order chi connectivity index (χ1) is 6.51. The average molecular weight is 221 g/mol. The molecule has 1 saturated carbocycles. The van der Waals surface area contributed by atoms with Gasteiger partial charge in [-0.2, -0.15) is 8.42 Å². The summed E-state index contributed by atoms with van der Waals surface area (Å²) in [5, 5.41) is 4.76. The first-order valence-electron chi connectivity index (χ1n) is 5.18. The van der Waals surface area contributed by atoms with E-state index >= 15 is 0 Å². The predicted molar refractivity (Wildman–Crippen MR) is 54.8 cm³/mol. The van der Waals surface area contributed by atoms with E-state index in [4.69, 9.17) is 5.14 Å². The van der Waals surface area contributed by atoms with Crippen molar-refractivity contribution in [2.45, 2.75) is 39.0 Å². The molecule has 0 aromatic carbocycles. The molecule has 0 aliphatic heterocycles. The van der Waals surface area contributed by atoms with Crippen molar-refractivity contribution >= 4 is 10.3 Å². The second kappa shape index (κ2) is 5.09. The van der Waals surface area contributed by atoms with E-state index in [0.29, 0.717) is 5.92 Å². The van der Waals surface area contributed by atoms with Gasteiger partial charge in [-0.1, -0.05) is 26.2 Å². The van der Waals surface area contributed by atoms with Gasteiger partial charge in [-0.3, -0.25) is 4.18 Å². The van der Waals surface area contributed by atoms with Crippen molar-refractivity contribution in [1.82, 2.24) is 0 Å². The van der Waals surface area contributed by atoms with E-state index in [0.717, 1.165) is 18.8 Å². The molecule has 5 heteroatoms. The standard InChI is InChI=1S/C9H19NO3S/c1-2-8-3-5-9(6-4-8)7-13-14(10,11)12/h8-9H,2-7H2,1H3,(H2,10,11,12). The van der Waals surface area contributed by atoms with E-state index in [9.17, 15) is 8.42 Å². The maximum Gasteiger partial charge on any atom is 0.333 e. The molecule has 0 radical (unpaired) electrons. The summed E-state index contributed by atoms with van der Waals surface area (Å²) < 4.78 is 25.7. The normalized spacial score (nSPS) is 29.0. The third kappa shape index (κ3) is 4.39. The van der Waals surface area contributed by atoms with Crippen LogP contribution in [-0.4, -0.2) is 15.0 Å². The lowest BCUT2D eigenvalue weighted by Crippen LogP contribution is -2.23. The number of hydrogen-bond donors (Lipinski definition) is 1. The highest BCUT2D eigenvalue weighted by atomic mass is 32.2. The van der Waals surface area contributed by atoms with Crippen molar-refractivity contribution in [3.05, 3.63) is 0 Å². The van der Waals surface area contributed by atoms with Gasteiger partial charge in [0, 0.05) is 0 Å². The van der Waals surface area contributed by atoms with Gasteiger partial charge in [-0.05, 0) is 24.7 Å². The minimum Gasteiger partial charge on any atom is -0.258 e. The molecule has 84 valence electrons. The van der Waals surface area contributed by atoms with Crippen LogP contribution in [0.1, 0.15) is 39.0 Å². The SMILES string of the molecule is CCC1CCC(COS(N)(=O)=O)CC1. The van der Waals surface area contributed by atoms with Crippen LogP contribution in [0.5, 0.6) is 0 Å². The lowest BCUT2D eigenvalue weighted by atomic mass is 9.81. The molecule has 14 heavy (non-hydrogen) atoms. The van der Waals surface area contributed by atoms with Crippen molar-refractivity contribution in [2.75, 3.05) is 6.61 Å². The Morgan fingerprint density at radius 3 is 2.14 bits per heavy atom. The largest absolute Gasteiger partial charge is 0.333 e. The van der Waals surface area contributed by atoms with Crippen molar-refractivity contribution in [3.63, 3.8) is 0 Å². The third-order valence-corrected chi connectivity index (χ3v) is 3.48. The highest BCUT2D eigenvalue weighted by Gasteiger charge is 2.21. The summed E-state index contributed by atoms with van der Waals surface area (Å²) in [5.74, 6) is 1.19. The molecule has 0 aromatic rings. The van der Waals surface area contributed by atoms with Crippen LogP contribution in [-0.2, 0) is 14.5 Å². The van der Waals surface area contributed by atoms with Crippen LogP contribution in [0.25, 0.3) is 0 Å². The second-order valence-corrected chi connectivity index (χ2v) is 5.29. The second-order valence-electron chi connectivity index (χ2n) is 4.07. The van der Waals surface area contributed by atoms with Crippen LogP contribution in [0.3, 0.4) is 0 Å². The Labute approximate surface area is 86.1 Å². The molecular weight excluding hydrogens is 202 g/mol. The van der Waals surface area contributed by atoms with Crippen LogP contribution in [0.2, 0.25) is 0 Å². The molecule has 1 rings (SSSR count). The Balaban J connectivity index is 2.23. The van der Waals surface area contributed by atoms with Gasteiger partial charge in [0.15, 0.2) is 0 Å². The monoisotopic (exact) mass is 221 g/mol. The number of hydrogen-bond acceptors (Lipinski definition) is 3. The van der Waals surface area contributed by atoms with Crippen molar-refractivity contribution in [2.24, 2.45) is 17.0 Å². The summed E-state index contributed by atoms with van der Waals surface area (Å²) in [7, 11) is -3.74. The summed E-state index contributed by atoms with van der Waals surface area (Å²) in [5.41, 5.74) is 0. The Hall–Kier alpha value is -0.130. The lowest BCUT2D eigenvalue weighted by Gasteiger charge is -2.26. The highest BCUT2D eigenvalue weighted by Crippen LogP contribution is 2.30. The number of nitrogens with two attached hydrogens (primary N) is 1. The average Bonchev–Trinajstić information content (AvgIpc) is 2.14. The smallest absolute Gasteiger partial charge is 0.258 e. The van der Waals surface area contributed by atoms with E-state index < -0.39 is 10.3 Å². The molecule has 2 N–H and O–H groups in total. The summed E-state index contributed by atoms with van der Waals surface area (Å²) >= 11 is 0. The molecule has 0 aromatic heterocycles. The fraction of sp³-hybridized carbons (Fsp3) is 1.00. The minimum absolute atomic E-state index is 0.259. The molecule has 1 aliphatic rings. The Bertz CT molecular complexity index is 255. The molecule has 0 heterocycles. The number of rotatable bonds is 4. The molecule has 0 amide bonds. The summed E-state index contributed by atoms with van der Waals surface area (Å²) in [6.45, 7) is 2.46. The van der Waals surface area contributed by atoms with Crippen molar-refractivity contribution in [3.8, 4) is 0 Å². The fourth-order valence-electron chi connectivity index (χ4n) is 2.00. The van der Waals surface area contributed by atoms with Crippen LogP contribution in [0, 0.1) is 11.8 Å². The Kier molecular flexibility index (Phi) is 4.34. The zero-order valence-corrected chi connectivity index (χ0v) is 9.42. The van der Waals surface area contributed by atoms with Crippen molar-refractivity contribution < 1.29 is 12.6 Å². The van der Waals surface area contributed by atoms with Gasteiger partial charge in [0.25, 0.3) is 0 Å². The Morgan fingerprint density at radius 2 is 1.71 bits per heavy atom. The maximum absolute atomic E-state index is 10.5. The molecular formula is C9H19NO3S. The van der Waals surface area contributed by atoms with Gasteiger partial charge >= 0.3 is 10.3 Å². The van der Waals surface area contributed by atoms with Crippen LogP contribution in [0.15, 0.2) is 0 Å². The van der Waals surface area contributed by atoms with Crippen LogP contribution < -0.4 is 5.14 Å². The topological polar surface area (TPSA) is 69.4 Å². The predicted octanol–water partition coefficient (Wildman–Crippen LogP) is 1.42. The molecule has 1 aliphatic carbocycles. The van der Waals surface area contributed by atoms with Gasteiger partial charge in [0.2, 0.25) is 0 Å². The first kappa shape index (κ1) is 11.9. The molecule has 0 saturated heterocycles. The molecule has 4 nitrogen and oxygen atoms in total. The third-order valence-electron chi connectivity index (χ3n) is 3.01. The molecule has 1 fully saturated rings. The zero-order valence-electron chi connectivity index (χ0n) is 8.61. The van der Waals surface area contributed by atoms with Gasteiger partial charge in [0.1, 0.15) is 0 Å². The lowest BCUT2D eigenvalue weighted by molar-refractivity contribution is 0.185. The van der Waals surface area contributed by atoms with Crippen LogP contribution in [0.4, 0.5) is 0 Å². The van der Waals surface area contributed by atoms with E-state index in [-0.39, 0.29) is 6.61 Å². The highest BCUT2D eigenvalue weighted by molar-refractivity contribution is 7.84. The Morgan fingerprint density at radius 1 is 1.21 bits per heavy atom. The maximum atomic E-state index is 10.5. The fourth-order valence-corrected chi connectivity index (χ4v) is 2.38. The summed E-state index contributed by atoms with van der Waals surface area (Å²) in [4.78, 5) is 0. The van der Waals surface area contributed by atoms with E-state index in [1.165, 1.54) is 19.3 Å². The van der Waals surface area contributed by atoms with Gasteiger partial charge in [-0.15, -0.1) is 0 Å². The molecule has 0 unspecified atom stereocenters. The van der Waals surface area contributed by atoms with Gasteiger partial charge in [-0.25, -0.2) is 5.14 Å². The summed E-state index contributed by atoms with van der Waals surface area (Å²) in [6.07, 6.45) is 5.73. The van der Waals surface area contributed by atoms with Gasteiger partial charge < -0.3 is 0 Å². The van der Waals surface area contributed by atoms with E-state index in [2.05, 4.69) is 11.1 Å². The van der Waals surface area contributed by atoms with Crippen LogP contribution >= 0.6 is 0 Å². The minimum atomic E-state index is -3.74. The molecule has 0 bridgehead atoms. The molecule has 0 spiro atoms. The van der Waals surface area contributed by atoms with E-state index in [1.807, 2.05) is 0 Å². The zero-order chi connectivity index (χ0) is 10.6. The van der Waals surface area contributed by atoms with Crippen molar-refractivity contribution in [1.29, 1.82) is 0 Å².